The Kier molecular flexibility index (Phi) is 5.94. The molecule has 0 fully saturated rings. The molecule has 0 radical (unpaired) electrons. The number of hydrogen-bond acceptors (Lipinski definition) is 2. The van der Waals surface area contributed by atoms with Crippen molar-refractivity contribution in [3.05, 3.63) is 29.8 Å². The van der Waals surface area contributed by atoms with Gasteiger partial charge in [-0.2, -0.15) is 0 Å². The Morgan fingerprint density at radius 1 is 1.25 bits per heavy atom. The van der Waals surface area contributed by atoms with E-state index in [0.717, 1.165) is 6.42 Å². The van der Waals surface area contributed by atoms with E-state index < -0.39 is 0 Å². The number of rotatable bonds is 7. The highest BCUT2D eigenvalue weighted by Crippen LogP contribution is 2.13. The van der Waals surface area contributed by atoms with Crippen molar-refractivity contribution in [2.75, 3.05) is 11.9 Å². The minimum atomic E-state index is 0.222. The lowest BCUT2D eigenvalue weighted by Crippen LogP contribution is -2.14. The molecule has 16 heavy (non-hydrogen) atoms. The van der Waals surface area contributed by atoms with Gasteiger partial charge in [0.2, 0.25) is 0 Å². The lowest BCUT2D eigenvalue weighted by Gasteiger charge is -2.15. The quantitative estimate of drug-likeness (QED) is 0.741. The first-order chi connectivity index (χ1) is 7.76. The van der Waals surface area contributed by atoms with Gasteiger partial charge in [0.25, 0.3) is 0 Å². The van der Waals surface area contributed by atoms with E-state index in [1.165, 1.54) is 30.5 Å². The zero-order chi connectivity index (χ0) is 11.8. The molecule has 1 atom stereocenters. The van der Waals surface area contributed by atoms with Gasteiger partial charge in [0, 0.05) is 18.3 Å². The molecule has 0 aliphatic heterocycles. The molecular formula is C14H23NO. The van der Waals surface area contributed by atoms with E-state index in [0.29, 0.717) is 6.04 Å². The number of hydrogen-bond donors (Lipinski definition) is 2. The van der Waals surface area contributed by atoms with Crippen molar-refractivity contribution in [2.24, 2.45) is 0 Å². The average Bonchev–Trinajstić information content (AvgIpc) is 2.29. The van der Waals surface area contributed by atoms with Gasteiger partial charge in [0.05, 0.1) is 0 Å². The lowest BCUT2D eigenvalue weighted by molar-refractivity contribution is 0.299. The maximum absolute atomic E-state index is 8.82. The maximum atomic E-state index is 8.82. The summed E-state index contributed by atoms with van der Waals surface area (Å²) in [4.78, 5) is 0. The van der Waals surface area contributed by atoms with Gasteiger partial charge < -0.3 is 10.4 Å². The van der Waals surface area contributed by atoms with Crippen LogP contribution in [0, 0.1) is 0 Å². The summed E-state index contributed by atoms with van der Waals surface area (Å²) in [6, 6.07) is 8.86. The largest absolute Gasteiger partial charge is 0.396 e. The van der Waals surface area contributed by atoms with Crippen LogP contribution < -0.4 is 5.32 Å². The molecule has 90 valence electrons. The summed E-state index contributed by atoms with van der Waals surface area (Å²) in [6.07, 6.45) is 4.48. The number of aliphatic hydroxyl groups is 1. The van der Waals surface area contributed by atoms with Crippen LogP contribution in [0.1, 0.15) is 38.7 Å². The summed E-state index contributed by atoms with van der Waals surface area (Å²) < 4.78 is 0. The number of aliphatic hydroxyl groups excluding tert-OH is 1. The van der Waals surface area contributed by atoms with Crippen LogP contribution in [0.4, 0.5) is 5.69 Å². The highest BCUT2D eigenvalue weighted by Gasteiger charge is 2.01. The van der Waals surface area contributed by atoms with Crippen LogP contribution >= 0.6 is 0 Å². The Hall–Kier alpha value is -1.02. The van der Waals surface area contributed by atoms with Crippen LogP contribution in [0.15, 0.2) is 24.3 Å². The van der Waals surface area contributed by atoms with Crippen LogP contribution in [0.3, 0.4) is 0 Å². The molecule has 1 rings (SSSR count). The van der Waals surface area contributed by atoms with E-state index in [4.69, 9.17) is 5.11 Å². The number of anilines is 1. The van der Waals surface area contributed by atoms with Crippen LogP contribution in [0.2, 0.25) is 0 Å². The Balaban J connectivity index is 2.41. The summed E-state index contributed by atoms with van der Waals surface area (Å²) in [7, 11) is 0. The second kappa shape index (κ2) is 7.29. The van der Waals surface area contributed by atoms with Gasteiger partial charge in [0.1, 0.15) is 0 Å². The minimum absolute atomic E-state index is 0.222. The fraction of sp³-hybridized carbons (Fsp3) is 0.571. The number of unbranched alkanes of at least 4 members (excludes halogenated alkanes) is 1. The third kappa shape index (κ3) is 4.67. The van der Waals surface area contributed by atoms with Crippen LogP contribution in [0.25, 0.3) is 0 Å². The summed E-state index contributed by atoms with van der Waals surface area (Å²) in [5.74, 6) is 0. The molecule has 0 aliphatic carbocycles. The van der Waals surface area contributed by atoms with Crippen molar-refractivity contribution >= 4 is 5.69 Å². The zero-order valence-corrected chi connectivity index (χ0v) is 10.4. The van der Waals surface area contributed by atoms with Crippen molar-refractivity contribution < 1.29 is 5.11 Å². The monoisotopic (exact) mass is 221 g/mol. The predicted octanol–water partition coefficient (Wildman–Crippen LogP) is 3.21. The molecular weight excluding hydrogens is 198 g/mol. The van der Waals surface area contributed by atoms with Gasteiger partial charge in [-0.15, -0.1) is 0 Å². The summed E-state index contributed by atoms with van der Waals surface area (Å²) >= 11 is 0. The predicted molar refractivity (Wildman–Crippen MR) is 69.8 cm³/mol. The third-order valence-corrected chi connectivity index (χ3v) is 2.76. The minimum Gasteiger partial charge on any atom is -0.396 e. The first-order valence-electron chi connectivity index (χ1n) is 6.22. The fourth-order valence-electron chi connectivity index (χ4n) is 1.76. The molecule has 0 spiro atoms. The van der Waals surface area contributed by atoms with Crippen molar-refractivity contribution in [3.63, 3.8) is 0 Å². The van der Waals surface area contributed by atoms with E-state index in [2.05, 4.69) is 43.4 Å². The average molecular weight is 221 g/mol. The molecule has 0 saturated heterocycles. The highest BCUT2D eigenvalue weighted by molar-refractivity contribution is 5.45. The zero-order valence-electron chi connectivity index (χ0n) is 10.4. The molecule has 0 aliphatic rings. The standard InChI is InChI=1S/C14H23NO/c1-3-4-5-12(2)15-14-8-6-13(7-9-14)10-11-16/h6-9,12,15-16H,3-5,10-11H2,1-2H3. The van der Waals surface area contributed by atoms with E-state index in [-0.39, 0.29) is 6.61 Å². The topological polar surface area (TPSA) is 32.3 Å². The van der Waals surface area contributed by atoms with Crippen molar-refractivity contribution in [1.29, 1.82) is 0 Å². The number of nitrogens with one attached hydrogen (secondary N) is 1. The van der Waals surface area contributed by atoms with E-state index >= 15 is 0 Å². The van der Waals surface area contributed by atoms with Gasteiger partial charge in [0.15, 0.2) is 0 Å². The SMILES string of the molecule is CCCCC(C)Nc1ccc(CCO)cc1. The molecule has 0 aromatic heterocycles. The molecule has 1 unspecified atom stereocenters. The van der Waals surface area contributed by atoms with Gasteiger partial charge in [-0.25, -0.2) is 0 Å². The van der Waals surface area contributed by atoms with Gasteiger partial charge in [-0.1, -0.05) is 31.9 Å². The Bertz CT molecular complexity index is 281. The van der Waals surface area contributed by atoms with Gasteiger partial charge >= 0.3 is 0 Å². The first-order valence-corrected chi connectivity index (χ1v) is 6.22. The molecule has 2 heteroatoms. The summed E-state index contributed by atoms with van der Waals surface area (Å²) in [5.41, 5.74) is 2.36. The van der Waals surface area contributed by atoms with Crippen molar-refractivity contribution in [1.82, 2.24) is 0 Å². The van der Waals surface area contributed by atoms with Crippen LogP contribution in [-0.4, -0.2) is 17.8 Å². The first kappa shape index (κ1) is 13.0. The Labute approximate surface area is 98.7 Å². The molecule has 2 nitrogen and oxygen atoms in total. The second-order valence-corrected chi connectivity index (χ2v) is 4.36. The number of benzene rings is 1. The molecule has 0 heterocycles. The van der Waals surface area contributed by atoms with Crippen molar-refractivity contribution in [2.45, 2.75) is 45.6 Å². The normalized spacial score (nSPS) is 12.4. The molecule has 0 amide bonds. The second-order valence-electron chi connectivity index (χ2n) is 4.36. The molecule has 0 bridgehead atoms. The molecule has 1 aromatic rings. The van der Waals surface area contributed by atoms with E-state index in [1.54, 1.807) is 0 Å². The smallest absolute Gasteiger partial charge is 0.0471 e. The molecule has 0 saturated carbocycles. The summed E-state index contributed by atoms with van der Waals surface area (Å²) in [5, 5.41) is 12.3. The van der Waals surface area contributed by atoms with Crippen LogP contribution in [-0.2, 0) is 6.42 Å². The van der Waals surface area contributed by atoms with E-state index in [1.807, 2.05) is 0 Å². The van der Waals surface area contributed by atoms with Gasteiger partial charge in [-0.05, 0) is 37.5 Å². The van der Waals surface area contributed by atoms with Crippen molar-refractivity contribution in [3.8, 4) is 0 Å². The lowest BCUT2D eigenvalue weighted by atomic mass is 10.1. The summed E-state index contributed by atoms with van der Waals surface area (Å²) in [6.45, 7) is 4.66. The Morgan fingerprint density at radius 3 is 2.50 bits per heavy atom. The highest BCUT2D eigenvalue weighted by atomic mass is 16.2. The van der Waals surface area contributed by atoms with Gasteiger partial charge in [-0.3, -0.25) is 0 Å². The fourth-order valence-corrected chi connectivity index (χ4v) is 1.76. The Morgan fingerprint density at radius 2 is 1.94 bits per heavy atom. The maximum Gasteiger partial charge on any atom is 0.0471 e. The molecule has 2 N–H and O–H groups in total. The third-order valence-electron chi connectivity index (χ3n) is 2.76. The van der Waals surface area contributed by atoms with Crippen LogP contribution in [0.5, 0.6) is 0 Å². The van der Waals surface area contributed by atoms with E-state index in [9.17, 15) is 0 Å². The molecule has 1 aromatic carbocycles.